The number of nitrogens with zero attached hydrogens (tertiary/aromatic N) is 2. The summed E-state index contributed by atoms with van der Waals surface area (Å²) in [5.74, 6) is 0.0441. The maximum absolute atomic E-state index is 11.9. The van der Waals surface area contributed by atoms with E-state index in [1.54, 1.807) is 16.8 Å². The van der Waals surface area contributed by atoms with Crippen LogP contribution in [0.5, 0.6) is 5.75 Å². The topological polar surface area (TPSA) is 76.4 Å². The minimum Gasteiger partial charge on any atom is -0.497 e. The van der Waals surface area contributed by atoms with Crippen LogP contribution in [0.3, 0.4) is 0 Å². The highest BCUT2D eigenvalue weighted by atomic mass is 35.5. The molecule has 0 aliphatic rings. The quantitative estimate of drug-likeness (QED) is 0.357. The molecule has 31 heavy (non-hydrogen) atoms. The molecule has 0 saturated heterocycles. The lowest BCUT2D eigenvalue weighted by Gasteiger charge is -2.16. The van der Waals surface area contributed by atoms with Gasteiger partial charge < -0.3 is 15.2 Å². The number of carbonyl (C=O) groups is 1. The van der Waals surface area contributed by atoms with Crippen LogP contribution >= 0.6 is 22.9 Å². The number of ether oxygens (including phenoxy) is 1. The standard InChI is InChI=1S/C23H20ClN3O3S/c1-13-6-4-5-7-20(13)27-22(21(14(2)26-27)17-11-31-12-18(17)24)25-19-9-8-15(30-3)10-16(19)23(28)29/h4-12,25H,1-3H3,(H,28,29). The fraction of sp³-hybridized carbons (Fsp3) is 0.130. The smallest absolute Gasteiger partial charge is 0.337 e. The summed E-state index contributed by atoms with van der Waals surface area (Å²) < 4.78 is 6.99. The summed E-state index contributed by atoms with van der Waals surface area (Å²) in [6.45, 7) is 3.92. The molecule has 158 valence electrons. The summed E-state index contributed by atoms with van der Waals surface area (Å²) in [4.78, 5) is 11.9. The molecule has 0 unspecified atom stereocenters. The van der Waals surface area contributed by atoms with Gasteiger partial charge in [-0.25, -0.2) is 9.48 Å². The molecule has 0 amide bonds. The van der Waals surface area contributed by atoms with Crippen LogP contribution in [0.2, 0.25) is 5.02 Å². The molecule has 0 spiro atoms. The van der Waals surface area contributed by atoms with Gasteiger partial charge in [0.15, 0.2) is 0 Å². The predicted octanol–water partition coefficient (Wildman–Crippen LogP) is 6.32. The van der Waals surface area contributed by atoms with Gasteiger partial charge in [-0.2, -0.15) is 16.4 Å². The molecular formula is C23H20ClN3O3S. The lowest BCUT2D eigenvalue weighted by Crippen LogP contribution is -2.08. The molecule has 0 fully saturated rings. The highest BCUT2D eigenvalue weighted by Crippen LogP contribution is 2.41. The summed E-state index contributed by atoms with van der Waals surface area (Å²) in [5.41, 5.74) is 4.88. The molecule has 6 nitrogen and oxygen atoms in total. The third-order valence-corrected chi connectivity index (χ3v) is 6.18. The Morgan fingerprint density at radius 1 is 1.19 bits per heavy atom. The molecule has 0 saturated carbocycles. The van der Waals surface area contributed by atoms with Crippen LogP contribution in [-0.2, 0) is 0 Å². The van der Waals surface area contributed by atoms with Gasteiger partial charge in [-0.1, -0.05) is 29.8 Å². The molecule has 2 aromatic heterocycles. The average molecular weight is 454 g/mol. The van der Waals surface area contributed by atoms with E-state index in [2.05, 4.69) is 5.32 Å². The molecule has 4 aromatic rings. The zero-order valence-electron chi connectivity index (χ0n) is 17.1. The van der Waals surface area contributed by atoms with Crippen LogP contribution in [-0.4, -0.2) is 28.0 Å². The van der Waals surface area contributed by atoms with Gasteiger partial charge in [-0.15, -0.1) is 0 Å². The number of thiophene rings is 1. The van der Waals surface area contributed by atoms with Gasteiger partial charge >= 0.3 is 5.97 Å². The molecule has 0 radical (unpaired) electrons. The van der Waals surface area contributed by atoms with Crippen LogP contribution < -0.4 is 10.1 Å². The molecule has 0 bridgehead atoms. The van der Waals surface area contributed by atoms with Crippen LogP contribution in [0.15, 0.2) is 53.2 Å². The van der Waals surface area contributed by atoms with Crippen molar-refractivity contribution < 1.29 is 14.6 Å². The largest absolute Gasteiger partial charge is 0.497 e. The van der Waals surface area contributed by atoms with E-state index in [0.717, 1.165) is 28.1 Å². The van der Waals surface area contributed by atoms with Gasteiger partial charge in [0.25, 0.3) is 0 Å². The van der Waals surface area contributed by atoms with Gasteiger partial charge in [0.2, 0.25) is 0 Å². The van der Waals surface area contributed by atoms with Crippen LogP contribution in [0.1, 0.15) is 21.6 Å². The number of aromatic carboxylic acids is 1. The third kappa shape index (κ3) is 3.89. The number of halogens is 1. The number of carboxylic acid groups (broad SMARTS) is 1. The van der Waals surface area contributed by atoms with Crippen molar-refractivity contribution >= 4 is 40.4 Å². The second kappa shape index (κ2) is 8.45. The van der Waals surface area contributed by atoms with Gasteiger partial charge in [0.05, 0.1) is 34.8 Å². The second-order valence-electron chi connectivity index (χ2n) is 6.98. The first-order valence-corrected chi connectivity index (χ1v) is 10.8. The Labute approximate surface area is 188 Å². The van der Waals surface area contributed by atoms with Crippen LogP contribution in [0, 0.1) is 13.8 Å². The summed E-state index contributed by atoms with van der Waals surface area (Å²) in [6, 6.07) is 12.8. The maximum atomic E-state index is 11.9. The van der Waals surface area contributed by atoms with Gasteiger partial charge in [-0.3, -0.25) is 0 Å². The van der Waals surface area contributed by atoms with Crippen molar-refractivity contribution in [2.45, 2.75) is 13.8 Å². The van der Waals surface area contributed by atoms with E-state index in [9.17, 15) is 9.90 Å². The Morgan fingerprint density at radius 2 is 1.97 bits per heavy atom. The number of nitrogens with one attached hydrogen (secondary N) is 1. The fourth-order valence-electron chi connectivity index (χ4n) is 3.46. The third-order valence-electron chi connectivity index (χ3n) is 5.00. The van der Waals surface area contributed by atoms with E-state index in [0.29, 0.717) is 22.3 Å². The lowest BCUT2D eigenvalue weighted by atomic mass is 10.1. The zero-order chi connectivity index (χ0) is 22.1. The summed E-state index contributed by atoms with van der Waals surface area (Å²) in [6.07, 6.45) is 0. The second-order valence-corrected chi connectivity index (χ2v) is 8.13. The number of anilines is 2. The number of hydrogen-bond donors (Lipinski definition) is 2. The van der Waals surface area contributed by atoms with Gasteiger partial charge in [0, 0.05) is 21.9 Å². The van der Waals surface area contributed by atoms with Crippen molar-refractivity contribution in [3.63, 3.8) is 0 Å². The Kier molecular flexibility index (Phi) is 5.71. The summed E-state index contributed by atoms with van der Waals surface area (Å²) in [7, 11) is 1.50. The minimum absolute atomic E-state index is 0.0944. The Balaban J connectivity index is 1.96. The number of para-hydroxylation sites is 1. The molecule has 0 aliphatic heterocycles. The average Bonchev–Trinajstić information content (AvgIpc) is 3.30. The molecule has 4 rings (SSSR count). The zero-order valence-corrected chi connectivity index (χ0v) is 18.7. The van der Waals surface area contributed by atoms with Crippen molar-refractivity contribution in [1.82, 2.24) is 9.78 Å². The first kappa shape index (κ1) is 21.0. The van der Waals surface area contributed by atoms with E-state index in [1.165, 1.54) is 24.5 Å². The minimum atomic E-state index is -1.06. The van der Waals surface area contributed by atoms with Gasteiger partial charge in [-0.05, 0) is 43.7 Å². The summed E-state index contributed by atoms with van der Waals surface area (Å²) >= 11 is 7.96. The number of methoxy groups -OCH3 is 1. The van der Waals surface area contributed by atoms with E-state index in [4.69, 9.17) is 21.4 Å². The molecule has 0 atom stereocenters. The van der Waals surface area contributed by atoms with Gasteiger partial charge in [0.1, 0.15) is 11.6 Å². The van der Waals surface area contributed by atoms with E-state index >= 15 is 0 Å². The van der Waals surface area contributed by atoms with Crippen molar-refractivity contribution in [2.75, 3.05) is 12.4 Å². The SMILES string of the molecule is COc1ccc(Nc2c(-c3cscc3Cl)c(C)nn2-c2ccccc2C)c(C(=O)O)c1. The normalized spacial score (nSPS) is 10.8. The highest BCUT2D eigenvalue weighted by Gasteiger charge is 2.23. The molecule has 0 aliphatic carbocycles. The number of aryl methyl sites for hydroxylation is 2. The lowest BCUT2D eigenvalue weighted by molar-refractivity contribution is 0.0697. The number of benzene rings is 2. The molecular weight excluding hydrogens is 434 g/mol. The molecule has 2 heterocycles. The molecule has 2 aromatic carbocycles. The van der Waals surface area contributed by atoms with Crippen molar-refractivity contribution in [3.05, 3.63) is 75.1 Å². The van der Waals surface area contributed by atoms with Crippen LogP contribution in [0.4, 0.5) is 11.5 Å². The van der Waals surface area contributed by atoms with E-state index in [-0.39, 0.29) is 5.56 Å². The first-order chi connectivity index (χ1) is 14.9. The highest BCUT2D eigenvalue weighted by molar-refractivity contribution is 7.09. The number of carboxylic acids is 1. The van der Waals surface area contributed by atoms with Crippen molar-refractivity contribution in [2.24, 2.45) is 0 Å². The molecule has 8 heteroatoms. The van der Waals surface area contributed by atoms with Crippen molar-refractivity contribution in [1.29, 1.82) is 0 Å². The van der Waals surface area contributed by atoms with Crippen molar-refractivity contribution in [3.8, 4) is 22.6 Å². The van der Waals surface area contributed by atoms with E-state index in [1.807, 2.05) is 48.9 Å². The summed E-state index contributed by atoms with van der Waals surface area (Å²) in [5, 5.41) is 22.3. The number of hydrogen-bond acceptors (Lipinski definition) is 5. The number of aromatic nitrogens is 2. The number of rotatable bonds is 6. The van der Waals surface area contributed by atoms with E-state index < -0.39 is 5.97 Å². The van der Waals surface area contributed by atoms with Crippen LogP contribution in [0.25, 0.3) is 16.8 Å². The monoisotopic (exact) mass is 453 g/mol. The maximum Gasteiger partial charge on any atom is 0.337 e. The molecule has 2 N–H and O–H groups in total. The first-order valence-electron chi connectivity index (χ1n) is 9.46. The predicted molar refractivity (Wildman–Crippen MR) is 125 cm³/mol. The Hall–Kier alpha value is -3.29. The Bertz CT molecular complexity index is 1280. The fourth-order valence-corrected chi connectivity index (χ4v) is 4.53. The Morgan fingerprint density at radius 3 is 2.61 bits per heavy atom.